The lowest BCUT2D eigenvalue weighted by atomic mass is 10.0. The molecule has 126 valence electrons. The maximum absolute atomic E-state index is 12.7. The fraction of sp³-hybridized carbons (Fsp3) is 0.562. The van der Waals surface area contributed by atoms with Gasteiger partial charge in [0.2, 0.25) is 5.91 Å². The molecule has 2 aliphatic heterocycles. The summed E-state index contributed by atoms with van der Waals surface area (Å²) in [6, 6.07) is 7.12. The minimum atomic E-state index is -3.10. The van der Waals surface area contributed by atoms with Crippen LogP contribution in [0.1, 0.15) is 19.8 Å². The number of sulfone groups is 1. The minimum Gasteiger partial charge on any atom is -0.306 e. The highest BCUT2D eigenvalue weighted by molar-refractivity contribution is 9.10. The van der Waals surface area contributed by atoms with Crippen LogP contribution in [-0.2, 0) is 14.6 Å². The van der Waals surface area contributed by atoms with Gasteiger partial charge in [0.05, 0.1) is 24.1 Å². The molecule has 2 saturated heterocycles. The van der Waals surface area contributed by atoms with Crippen molar-refractivity contribution in [2.24, 2.45) is 0 Å². The SMILES string of the molecule is CCCCN1CC(=O)N(c2ccc(Br)cc2)C2CS(=O)(=O)CC21. The first-order valence-electron chi connectivity index (χ1n) is 7.93. The van der Waals surface area contributed by atoms with Gasteiger partial charge in [0.25, 0.3) is 0 Å². The summed E-state index contributed by atoms with van der Waals surface area (Å²) >= 11 is 3.39. The molecule has 2 heterocycles. The van der Waals surface area contributed by atoms with E-state index >= 15 is 0 Å². The number of amides is 1. The molecule has 3 rings (SSSR count). The van der Waals surface area contributed by atoms with Crippen LogP contribution in [0, 0.1) is 0 Å². The van der Waals surface area contributed by atoms with Crippen LogP contribution in [0.15, 0.2) is 28.7 Å². The van der Waals surface area contributed by atoms with Gasteiger partial charge in [0.15, 0.2) is 9.84 Å². The number of nitrogens with zero attached hydrogens (tertiary/aromatic N) is 2. The summed E-state index contributed by atoms with van der Waals surface area (Å²) in [6.07, 6.45) is 2.01. The zero-order valence-electron chi connectivity index (χ0n) is 13.1. The van der Waals surface area contributed by atoms with Gasteiger partial charge in [0, 0.05) is 16.2 Å². The van der Waals surface area contributed by atoms with Crippen molar-refractivity contribution in [3.8, 4) is 0 Å². The lowest BCUT2D eigenvalue weighted by Gasteiger charge is -2.43. The van der Waals surface area contributed by atoms with Crippen molar-refractivity contribution in [1.29, 1.82) is 0 Å². The van der Waals surface area contributed by atoms with Gasteiger partial charge in [-0.1, -0.05) is 29.3 Å². The fourth-order valence-electron chi connectivity index (χ4n) is 3.50. The molecule has 2 aliphatic rings. The number of benzene rings is 1. The second-order valence-electron chi connectivity index (χ2n) is 6.28. The Bertz CT molecular complexity index is 690. The molecular weight excluding hydrogens is 380 g/mol. The molecule has 2 atom stereocenters. The first-order valence-corrected chi connectivity index (χ1v) is 10.5. The largest absolute Gasteiger partial charge is 0.306 e. The van der Waals surface area contributed by atoms with Crippen LogP contribution in [0.3, 0.4) is 0 Å². The molecule has 0 aliphatic carbocycles. The quantitative estimate of drug-likeness (QED) is 0.775. The van der Waals surface area contributed by atoms with Crippen molar-refractivity contribution in [2.75, 3.05) is 29.5 Å². The molecule has 2 fully saturated rings. The Balaban J connectivity index is 1.93. The third-order valence-corrected chi connectivity index (χ3v) is 6.83. The van der Waals surface area contributed by atoms with E-state index < -0.39 is 9.84 Å². The second-order valence-corrected chi connectivity index (χ2v) is 9.35. The van der Waals surface area contributed by atoms with Crippen molar-refractivity contribution in [3.63, 3.8) is 0 Å². The number of anilines is 1. The summed E-state index contributed by atoms with van der Waals surface area (Å²) in [4.78, 5) is 16.4. The van der Waals surface area contributed by atoms with Crippen molar-refractivity contribution in [1.82, 2.24) is 4.90 Å². The lowest BCUT2D eigenvalue weighted by molar-refractivity contribution is -0.123. The first-order chi connectivity index (χ1) is 10.9. The van der Waals surface area contributed by atoms with Crippen LogP contribution in [0.25, 0.3) is 0 Å². The van der Waals surface area contributed by atoms with Gasteiger partial charge in [-0.15, -0.1) is 0 Å². The summed E-state index contributed by atoms with van der Waals surface area (Å²) in [7, 11) is -3.10. The van der Waals surface area contributed by atoms with Crippen molar-refractivity contribution in [2.45, 2.75) is 31.8 Å². The Kier molecular flexibility index (Phi) is 4.80. The van der Waals surface area contributed by atoms with Gasteiger partial charge >= 0.3 is 0 Å². The van der Waals surface area contributed by atoms with E-state index in [4.69, 9.17) is 0 Å². The molecule has 2 unspecified atom stereocenters. The molecule has 1 aromatic rings. The van der Waals surface area contributed by atoms with Gasteiger partial charge in [0.1, 0.15) is 0 Å². The van der Waals surface area contributed by atoms with Crippen LogP contribution in [0.4, 0.5) is 5.69 Å². The topological polar surface area (TPSA) is 57.7 Å². The standard InChI is InChI=1S/C16H21BrN2O3S/c1-2-3-8-18-9-16(20)19(13-6-4-12(17)5-7-13)15-11-23(21,22)10-14(15)18/h4-7,14-15H,2-3,8-11H2,1H3. The molecular formula is C16H21BrN2O3S. The molecule has 5 nitrogen and oxygen atoms in total. The third kappa shape index (κ3) is 3.46. The Morgan fingerprint density at radius 1 is 1.17 bits per heavy atom. The van der Waals surface area contributed by atoms with Gasteiger partial charge < -0.3 is 4.90 Å². The average Bonchev–Trinajstić information content (AvgIpc) is 2.81. The predicted molar refractivity (Wildman–Crippen MR) is 94.3 cm³/mol. The van der Waals surface area contributed by atoms with Gasteiger partial charge in [-0.25, -0.2) is 8.42 Å². The van der Waals surface area contributed by atoms with Crippen molar-refractivity contribution in [3.05, 3.63) is 28.7 Å². The third-order valence-electron chi connectivity index (χ3n) is 4.60. The van der Waals surface area contributed by atoms with Crippen LogP contribution < -0.4 is 4.90 Å². The molecule has 1 amide bonds. The van der Waals surface area contributed by atoms with E-state index in [9.17, 15) is 13.2 Å². The summed E-state index contributed by atoms with van der Waals surface area (Å²) in [5.41, 5.74) is 0.778. The van der Waals surface area contributed by atoms with Crippen LogP contribution in [0.5, 0.6) is 0 Å². The predicted octanol–water partition coefficient (Wildman–Crippen LogP) is 2.06. The number of rotatable bonds is 4. The summed E-state index contributed by atoms with van der Waals surface area (Å²) in [6.45, 7) is 3.18. The van der Waals surface area contributed by atoms with E-state index in [-0.39, 0.29) is 29.5 Å². The Morgan fingerprint density at radius 2 is 1.83 bits per heavy atom. The number of unbranched alkanes of at least 4 members (excludes halogenated alkanes) is 1. The number of hydrogen-bond acceptors (Lipinski definition) is 4. The monoisotopic (exact) mass is 400 g/mol. The summed E-state index contributed by atoms with van der Waals surface area (Å²) < 4.78 is 25.3. The smallest absolute Gasteiger partial charge is 0.241 e. The zero-order valence-corrected chi connectivity index (χ0v) is 15.5. The molecule has 23 heavy (non-hydrogen) atoms. The number of hydrogen-bond donors (Lipinski definition) is 0. The minimum absolute atomic E-state index is 0.0122. The van der Waals surface area contributed by atoms with Crippen molar-refractivity contribution < 1.29 is 13.2 Å². The van der Waals surface area contributed by atoms with Crippen LogP contribution in [0.2, 0.25) is 0 Å². The van der Waals surface area contributed by atoms with E-state index in [1.807, 2.05) is 24.3 Å². The maximum Gasteiger partial charge on any atom is 0.241 e. The van der Waals surface area contributed by atoms with E-state index in [1.165, 1.54) is 0 Å². The molecule has 0 radical (unpaired) electrons. The molecule has 0 N–H and O–H groups in total. The number of halogens is 1. The molecule has 7 heteroatoms. The van der Waals surface area contributed by atoms with Gasteiger partial charge in [-0.05, 0) is 37.2 Å². The highest BCUT2D eigenvalue weighted by atomic mass is 79.9. The van der Waals surface area contributed by atoms with Crippen LogP contribution in [-0.4, -0.2) is 55.9 Å². The maximum atomic E-state index is 12.7. The molecule has 0 aromatic heterocycles. The molecule has 0 spiro atoms. The highest BCUT2D eigenvalue weighted by Crippen LogP contribution is 2.32. The molecule has 1 aromatic carbocycles. The molecule has 0 saturated carbocycles. The fourth-order valence-corrected chi connectivity index (χ4v) is 5.75. The summed E-state index contributed by atoms with van der Waals surface area (Å²) in [5.74, 6) is 0.200. The second kappa shape index (κ2) is 6.53. The van der Waals surface area contributed by atoms with E-state index in [1.54, 1.807) is 4.90 Å². The van der Waals surface area contributed by atoms with Crippen molar-refractivity contribution >= 4 is 37.4 Å². The zero-order chi connectivity index (χ0) is 16.6. The normalized spacial score (nSPS) is 27.2. The summed E-state index contributed by atoms with van der Waals surface area (Å²) in [5, 5.41) is 0. The Labute approximate surface area is 145 Å². The number of fused-ring (bicyclic) bond motifs is 1. The Hall–Kier alpha value is -0.920. The number of piperazine rings is 1. The van der Waals surface area contributed by atoms with E-state index in [0.717, 1.165) is 29.5 Å². The van der Waals surface area contributed by atoms with Crippen LogP contribution >= 0.6 is 15.9 Å². The lowest BCUT2D eigenvalue weighted by Crippen LogP contribution is -2.62. The average molecular weight is 401 g/mol. The van der Waals surface area contributed by atoms with Gasteiger partial charge in [-0.2, -0.15) is 0 Å². The van der Waals surface area contributed by atoms with E-state index in [2.05, 4.69) is 27.8 Å². The molecule has 0 bridgehead atoms. The number of carbonyl (C=O) groups excluding carboxylic acids is 1. The Morgan fingerprint density at radius 3 is 2.48 bits per heavy atom. The number of carbonyl (C=O) groups is 1. The van der Waals surface area contributed by atoms with E-state index in [0.29, 0.717) is 6.54 Å². The van der Waals surface area contributed by atoms with Gasteiger partial charge in [-0.3, -0.25) is 9.69 Å². The first kappa shape index (κ1) is 16.9. The highest BCUT2D eigenvalue weighted by Gasteiger charge is 2.49.